The largest absolute Gasteiger partial charge is 0.489 e. The van der Waals surface area contributed by atoms with Crippen molar-refractivity contribution in [3.63, 3.8) is 0 Å². The second-order valence-electron chi connectivity index (χ2n) is 7.30. The fraction of sp³-hybridized carbons (Fsp3) is 0.333. The third-order valence-electron chi connectivity index (χ3n) is 5.17. The van der Waals surface area contributed by atoms with Crippen molar-refractivity contribution >= 4 is 10.8 Å². The van der Waals surface area contributed by atoms with Crippen molar-refractivity contribution in [3.8, 4) is 11.5 Å². The van der Waals surface area contributed by atoms with Crippen molar-refractivity contribution < 1.29 is 14.6 Å². The highest BCUT2D eigenvalue weighted by Gasteiger charge is 2.20. The molecule has 0 spiro atoms. The zero-order valence-corrected chi connectivity index (χ0v) is 16.1. The lowest BCUT2D eigenvalue weighted by Gasteiger charge is -2.26. The Morgan fingerprint density at radius 3 is 2.82 bits per heavy atom. The lowest BCUT2D eigenvalue weighted by Crippen LogP contribution is -2.34. The summed E-state index contributed by atoms with van der Waals surface area (Å²) >= 11 is 0. The molecule has 4 heteroatoms. The minimum Gasteiger partial charge on any atom is -0.489 e. The van der Waals surface area contributed by atoms with E-state index < -0.39 is 0 Å². The van der Waals surface area contributed by atoms with Gasteiger partial charge >= 0.3 is 0 Å². The van der Waals surface area contributed by atoms with Crippen LogP contribution in [0.25, 0.3) is 10.8 Å². The van der Waals surface area contributed by atoms with Crippen LogP contribution >= 0.6 is 0 Å². The topological polar surface area (TPSA) is 50.7 Å². The quantitative estimate of drug-likeness (QED) is 0.581. The summed E-state index contributed by atoms with van der Waals surface area (Å²) < 4.78 is 12.2. The van der Waals surface area contributed by atoms with Crippen LogP contribution in [-0.4, -0.2) is 30.9 Å². The van der Waals surface area contributed by atoms with Gasteiger partial charge in [-0.1, -0.05) is 42.5 Å². The van der Waals surface area contributed by atoms with Gasteiger partial charge in [-0.25, -0.2) is 0 Å². The van der Waals surface area contributed by atoms with Crippen molar-refractivity contribution in [2.75, 3.05) is 19.7 Å². The Morgan fingerprint density at radius 2 is 1.93 bits per heavy atom. The molecule has 1 aliphatic heterocycles. The van der Waals surface area contributed by atoms with E-state index in [-0.39, 0.29) is 12.7 Å². The van der Waals surface area contributed by atoms with Crippen LogP contribution in [0.5, 0.6) is 11.5 Å². The monoisotopic (exact) mass is 377 g/mol. The lowest BCUT2D eigenvalue weighted by atomic mass is 10.0. The molecule has 0 aliphatic carbocycles. The zero-order valence-electron chi connectivity index (χ0n) is 16.1. The first kappa shape index (κ1) is 18.8. The van der Waals surface area contributed by atoms with Crippen LogP contribution in [0, 0.1) is 0 Å². The molecule has 1 aliphatic rings. The van der Waals surface area contributed by atoms with Crippen LogP contribution in [0.15, 0.2) is 60.7 Å². The first-order valence-corrected chi connectivity index (χ1v) is 10.0. The number of aliphatic hydroxyl groups is 1. The Hall–Kier alpha value is -2.56. The number of fused-ring (bicyclic) bond motifs is 2. The van der Waals surface area contributed by atoms with E-state index in [1.54, 1.807) is 0 Å². The van der Waals surface area contributed by atoms with E-state index in [4.69, 9.17) is 14.6 Å². The average Bonchev–Trinajstić information content (AvgIpc) is 2.75. The fourth-order valence-corrected chi connectivity index (χ4v) is 3.60. The second-order valence-corrected chi connectivity index (χ2v) is 7.30. The Labute approximate surface area is 166 Å². The van der Waals surface area contributed by atoms with Crippen molar-refractivity contribution in [1.29, 1.82) is 0 Å². The summed E-state index contributed by atoms with van der Waals surface area (Å²) in [6.07, 6.45) is 2.97. The Balaban J connectivity index is 1.37. The van der Waals surface area contributed by atoms with Gasteiger partial charge in [0.1, 0.15) is 24.2 Å². The Bertz CT molecular complexity index is 925. The number of hydrogen-bond donors (Lipinski definition) is 2. The van der Waals surface area contributed by atoms with Gasteiger partial charge in [-0.15, -0.1) is 0 Å². The maximum absolute atomic E-state index is 8.86. The van der Waals surface area contributed by atoms with Gasteiger partial charge in [-0.05, 0) is 59.8 Å². The maximum atomic E-state index is 8.86. The number of nitrogens with one attached hydrogen (secondary N) is 1. The highest BCUT2D eigenvalue weighted by molar-refractivity contribution is 5.82. The number of aliphatic hydroxyl groups excluding tert-OH is 1. The molecule has 0 bridgehead atoms. The SMILES string of the molecule is OCCCNCC1CCc2ccc(OCc3ccc4ccccc4c3)cc2O1. The fourth-order valence-electron chi connectivity index (χ4n) is 3.60. The molecule has 1 heterocycles. The van der Waals surface area contributed by atoms with E-state index >= 15 is 0 Å². The summed E-state index contributed by atoms with van der Waals surface area (Å²) in [6, 6.07) is 20.9. The third-order valence-corrected chi connectivity index (χ3v) is 5.17. The van der Waals surface area contributed by atoms with Gasteiger partial charge in [0.25, 0.3) is 0 Å². The van der Waals surface area contributed by atoms with Crippen LogP contribution in [0.2, 0.25) is 0 Å². The molecule has 0 saturated carbocycles. The Kier molecular flexibility index (Phi) is 6.10. The Morgan fingerprint density at radius 1 is 1.04 bits per heavy atom. The van der Waals surface area contributed by atoms with E-state index in [9.17, 15) is 0 Å². The van der Waals surface area contributed by atoms with Crippen LogP contribution in [0.4, 0.5) is 0 Å². The predicted octanol–water partition coefficient (Wildman–Crippen LogP) is 4.08. The second kappa shape index (κ2) is 9.09. The van der Waals surface area contributed by atoms with Gasteiger partial charge in [-0.3, -0.25) is 0 Å². The van der Waals surface area contributed by atoms with E-state index in [0.29, 0.717) is 6.61 Å². The smallest absolute Gasteiger partial charge is 0.126 e. The van der Waals surface area contributed by atoms with Crippen molar-refractivity contribution in [2.45, 2.75) is 32.0 Å². The summed E-state index contributed by atoms with van der Waals surface area (Å²) in [6.45, 7) is 2.38. The molecule has 3 aromatic carbocycles. The molecule has 2 N–H and O–H groups in total. The number of rotatable bonds is 8. The van der Waals surface area contributed by atoms with Crippen molar-refractivity contribution in [1.82, 2.24) is 5.32 Å². The number of ether oxygens (including phenoxy) is 2. The van der Waals surface area contributed by atoms with Gasteiger partial charge in [0.15, 0.2) is 0 Å². The molecule has 0 amide bonds. The highest BCUT2D eigenvalue weighted by Crippen LogP contribution is 2.31. The van der Waals surface area contributed by atoms with E-state index in [0.717, 1.165) is 49.4 Å². The normalized spacial score (nSPS) is 15.8. The minimum atomic E-state index is 0.168. The number of aryl methyl sites for hydroxylation is 1. The van der Waals surface area contributed by atoms with Gasteiger partial charge in [0.2, 0.25) is 0 Å². The molecule has 0 radical (unpaired) electrons. The summed E-state index contributed by atoms with van der Waals surface area (Å²) in [5.41, 5.74) is 2.40. The summed E-state index contributed by atoms with van der Waals surface area (Å²) in [4.78, 5) is 0. The summed E-state index contributed by atoms with van der Waals surface area (Å²) in [5.74, 6) is 1.76. The minimum absolute atomic E-state index is 0.168. The molecule has 3 aromatic rings. The van der Waals surface area contributed by atoms with Gasteiger partial charge in [-0.2, -0.15) is 0 Å². The molecule has 4 nitrogen and oxygen atoms in total. The standard InChI is InChI=1S/C24H27NO3/c26-13-3-12-25-16-23-11-9-20-8-10-22(15-24(20)28-23)27-17-18-6-7-19-4-1-2-5-21(19)14-18/h1-2,4-8,10,14-15,23,25-26H,3,9,11-13,16-17H2. The van der Waals surface area contributed by atoms with Gasteiger partial charge in [0, 0.05) is 19.2 Å². The van der Waals surface area contributed by atoms with Crippen LogP contribution < -0.4 is 14.8 Å². The molecule has 0 aromatic heterocycles. The number of hydrogen-bond acceptors (Lipinski definition) is 4. The third kappa shape index (κ3) is 4.64. The molecular weight excluding hydrogens is 350 g/mol. The first-order valence-electron chi connectivity index (χ1n) is 10.0. The molecular formula is C24H27NO3. The molecule has 0 saturated heterocycles. The average molecular weight is 377 g/mol. The predicted molar refractivity (Wildman–Crippen MR) is 112 cm³/mol. The van der Waals surface area contributed by atoms with Crippen molar-refractivity contribution in [3.05, 3.63) is 71.8 Å². The molecule has 28 heavy (non-hydrogen) atoms. The zero-order chi connectivity index (χ0) is 19.2. The van der Waals surface area contributed by atoms with E-state index in [2.05, 4.69) is 53.8 Å². The summed E-state index contributed by atoms with van der Waals surface area (Å²) in [7, 11) is 0. The molecule has 146 valence electrons. The molecule has 1 atom stereocenters. The summed E-state index contributed by atoms with van der Waals surface area (Å²) in [5, 5.41) is 14.7. The van der Waals surface area contributed by atoms with E-state index in [1.165, 1.54) is 16.3 Å². The highest BCUT2D eigenvalue weighted by atomic mass is 16.5. The van der Waals surface area contributed by atoms with Crippen LogP contribution in [-0.2, 0) is 13.0 Å². The number of benzene rings is 3. The molecule has 4 rings (SSSR count). The lowest BCUT2D eigenvalue weighted by molar-refractivity contribution is 0.168. The van der Waals surface area contributed by atoms with Crippen LogP contribution in [0.1, 0.15) is 24.0 Å². The van der Waals surface area contributed by atoms with Crippen molar-refractivity contribution in [2.24, 2.45) is 0 Å². The molecule has 1 unspecified atom stereocenters. The first-order chi connectivity index (χ1) is 13.8. The maximum Gasteiger partial charge on any atom is 0.126 e. The van der Waals surface area contributed by atoms with Gasteiger partial charge in [0.05, 0.1) is 0 Å². The van der Waals surface area contributed by atoms with Gasteiger partial charge < -0.3 is 19.9 Å². The molecule has 0 fully saturated rings. The van der Waals surface area contributed by atoms with Crippen LogP contribution in [0.3, 0.4) is 0 Å². The van der Waals surface area contributed by atoms with E-state index in [1.807, 2.05) is 12.1 Å².